The Kier molecular flexibility index (Phi) is 5.00. The van der Waals surface area contributed by atoms with Crippen LogP contribution in [0.1, 0.15) is 10.4 Å². The third kappa shape index (κ3) is 3.62. The van der Waals surface area contributed by atoms with Crippen molar-refractivity contribution in [2.45, 2.75) is 4.90 Å². The Morgan fingerprint density at radius 1 is 1.50 bits per heavy atom. The van der Waals surface area contributed by atoms with E-state index in [1.807, 2.05) is 6.26 Å². The molecular formula is C10H14N2O4S2. The molecule has 0 fully saturated rings. The zero-order chi connectivity index (χ0) is 13.8. The lowest BCUT2D eigenvalue weighted by Crippen LogP contribution is -2.27. The molecule has 0 aliphatic heterocycles. The van der Waals surface area contributed by atoms with Crippen molar-refractivity contribution in [2.24, 2.45) is 0 Å². The van der Waals surface area contributed by atoms with Crippen LogP contribution in [0.3, 0.4) is 0 Å². The van der Waals surface area contributed by atoms with Crippen molar-refractivity contribution in [3.05, 3.63) is 23.8 Å². The summed E-state index contributed by atoms with van der Waals surface area (Å²) in [6, 6.07) is 3.68. The molecule has 8 heteroatoms. The lowest BCUT2D eigenvalue weighted by Gasteiger charge is -2.09. The van der Waals surface area contributed by atoms with Crippen LogP contribution in [-0.4, -0.2) is 38.0 Å². The van der Waals surface area contributed by atoms with Crippen molar-refractivity contribution in [3.8, 4) is 0 Å². The summed E-state index contributed by atoms with van der Waals surface area (Å²) in [6.07, 6.45) is 1.84. The van der Waals surface area contributed by atoms with Crippen LogP contribution in [0.15, 0.2) is 23.1 Å². The zero-order valence-electron chi connectivity index (χ0n) is 9.71. The van der Waals surface area contributed by atoms with E-state index in [2.05, 4.69) is 4.72 Å². The number of benzene rings is 1. The molecule has 0 aliphatic rings. The second kappa shape index (κ2) is 6.07. The molecule has 0 heterocycles. The van der Waals surface area contributed by atoms with Crippen LogP contribution in [0.4, 0.5) is 5.69 Å². The molecule has 100 valence electrons. The minimum atomic E-state index is -3.85. The Hall–Kier alpha value is -1.25. The number of hydrogen-bond donors (Lipinski definition) is 3. The average Bonchev–Trinajstić information content (AvgIpc) is 2.28. The number of anilines is 1. The predicted molar refractivity (Wildman–Crippen MR) is 71.4 cm³/mol. The van der Waals surface area contributed by atoms with Crippen molar-refractivity contribution in [1.29, 1.82) is 0 Å². The third-order valence-electron chi connectivity index (χ3n) is 2.12. The van der Waals surface area contributed by atoms with Gasteiger partial charge in [0.25, 0.3) is 0 Å². The van der Waals surface area contributed by atoms with Crippen LogP contribution < -0.4 is 10.5 Å². The van der Waals surface area contributed by atoms with E-state index in [0.717, 1.165) is 6.07 Å². The summed E-state index contributed by atoms with van der Waals surface area (Å²) in [5, 5.41) is 8.95. The fraction of sp³-hybridized carbons (Fsp3) is 0.300. The van der Waals surface area contributed by atoms with E-state index in [-0.39, 0.29) is 22.7 Å². The summed E-state index contributed by atoms with van der Waals surface area (Å²) in [6.45, 7) is 0.233. The summed E-state index contributed by atoms with van der Waals surface area (Å²) in [5.74, 6) is -0.704. The molecule has 1 aromatic carbocycles. The number of rotatable bonds is 6. The number of thioether (sulfide) groups is 1. The second-order valence-electron chi connectivity index (χ2n) is 3.45. The van der Waals surface area contributed by atoms with E-state index in [4.69, 9.17) is 10.8 Å². The first-order valence-corrected chi connectivity index (χ1v) is 7.87. The van der Waals surface area contributed by atoms with Crippen molar-refractivity contribution >= 4 is 33.4 Å². The molecule has 1 rings (SSSR count). The summed E-state index contributed by atoms with van der Waals surface area (Å²) in [5.41, 5.74) is 5.40. The maximum atomic E-state index is 11.9. The zero-order valence-corrected chi connectivity index (χ0v) is 11.3. The summed E-state index contributed by atoms with van der Waals surface area (Å²) in [4.78, 5) is 10.7. The van der Waals surface area contributed by atoms with Gasteiger partial charge in [0.1, 0.15) is 0 Å². The summed E-state index contributed by atoms with van der Waals surface area (Å²) >= 11 is 1.48. The molecule has 18 heavy (non-hydrogen) atoms. The van der Waals surface area contributed by atoms with Crippen LogP contribution in [0.5, 0.6) is 0 Å². The molecule has 0 aromatic heterocycles. The first-order valence-electron chi connectivity index (χ1n) is 5.00. The first-order chi connectivity index (χ1) is 8.38. The number of nitrogens with two attached hydrogens (primary N) is 1. The monoisotopic (exact) mass is 290 g/mol. The Balaban J connectivity index is 3.14. The van der Waals surface area contributed by atoms with E-state index in [1.165, 1.54) is 23.9 Å². The number of sulfonamides is 1. The van der Waals surface area contributed by atoms with Gasteiger partial charge in [-0.3, -0.25) is 0 Å². The topological polar surface area (TPSA) is 109 Å². The number of nitrogens with one attached hydrogen (secondary N) is 1. The number of aromatic carboxylic acids is 1. The molecule has 6 nitrogen and oxygen atoms in total. The lowest BCUT2D eigenvalue weighted by atomic mass is 10.2. The maximum Gasteiger partial charge on any atom is 0.337 e. The number of carboxylic acid groups (broad SMARTS) is 1. The third-order valence-corrected chi connectivity index (χ3v) is 4.24. The molecule has 0 saturated carbocycles. The van der Waals surface area contributed by atoms with E-state index in [1.54, 1.807) is 0 Å². The Morgan fingerprint density at radius 2 is 2.17 bits per heavy atom. The van der Waals surface area contributed by atoms with Gasteiger partial charge in [0.2, 0.25) is 10.0 Å². The standard InChI is InChI=1S/C10H14N2O4S2/c1-17-5-4-12-18(15,16)9-6-7(11)2-3-8(9)10(13)14/h2-3,6,12H,4-5,11H2,1H3,(H,13,14). The molecule has 0 spiro atoms. The molecule has 0 radical (unpaired) electrons. The van der Waals surface area contributed by atoms with E-state index in [0.29, 0.717) is 5.75 Å². The van der Waals surface area contributed by atoms with Crippen LogP contribution in [0, 0.1) is 0 Å². The number of carboxylic acids is 1. The van der Waals surface area contributed by atoms with Crippen molar-refractivity contribution in [2.75, 3.05) is 24.3 Å². The van der Waals surface area contributed by atoms with Gasteiger partial charge in [-0.05, 0) is 24.5 Å². The number of nitrogen functional groups attached to an aromatic ring is 1. The minimum absolute atomic E-state index is 0.199. The van der Waals surface area contributed by atoms with Gasteiger partial charge in [0, 0.05) is 18.0 Å². The highest BCUT2D eigenvalue weighted by molar-refractivity contribution is 7.98. The van der Waals surface area contributed by atoms with Crippen LogP contribution >= 0.6 is 11.8 Å². The second-order valence-corrected chi connectivity index (χ2v) is 6.17. The summed E-state index contributed by atoms with van der Waals surface area (Å²) < 4.78 is 26.2. The fourth-order valence-corrected chi connectivity index (χ4v) is 2.99. The van der Waals surface area contributed by atoms with Gasteiger partial charge in [0.05, 0.1) is 10.5 Å². The van der Waals surface area contributed by atoms with Gasteiger partial charge >= 0.3 is 5.97 Å². The van der Waals surface area contributed by atoms with Gasteiger partial charge in [-0.2, -0.15) is 11.8 Å². The molecule has 0 amide bonds. The molecular weight excluding hydrogens is 276 g/mol. The highest BCUT2D eigenvalue weighted by Gasteiger charge is 2.22. The fourth-order valence-electron chi connectivity index (χ4n) is 1.29. The van der Waals surface area contributed by atoms with Gasteiger partial charge in [0.15, 0.2) is 0 Å². The van der Waals surface area contributed by atoms with E-state index < -0.39 is 16.0 Å². The number of carbonyl (C=O) groups is 1. The maximum absolute atomic E-state index is 11.9. The molecule has 0 atom stereocenters. The van der Waals surface area contributed by atoms with Crippen molar-refractivity contribution in [3.63, 3.8) is 0 Å². The van der Waals surface area contributed by atoms with Gasteiger partial charge in [-0.15, -0.1) is 0 Å². The van der Waals surface area contributed by atoms with Crippen LogP contribution in [0.2, 0.25) is 0 Å². The predicted octanol–water partition coefficient (Wildman–Crippen LogP) is 0.608. The van der Waals surface area contributed by atoms with E-state index >= 15 is 0 Å². The largest absolute Gasteiger partial charge is 0.478 e. The smallest absolute Gasteiger partial charge is 0.337 e. The first kappa shape index (κ1) is 14.8. The molecule has 0 unspecified atom stereocenters. The highest BCUT2D eigenvalue weighted by Crippen LogP contribution is 2.19. The SMILES string of the molecule is CSCCNS(=O)(=O)c1cc(N)ccc1C(=O)O. The van der Waals surface area contributed by atoms with Crippen LogP contribution in [0.25, 0.3) is 0 Å². The Morgan fingerprint density at radius 3 is 2.72 bits per heavy atom. The number of hydrogen-bond acceptors (Lipinski definition) is 5. The molecule has 4 N–H and O–H groups in total. The normalized spacial score (nSPS) is 11.4. The minimum Gasteiger partial charge on any atom is -0.478 e. The molecule has 0 saturated heterocycles. The van der Waals surface area contributed by atoms with E-state index in [9.17, 15) is 13.2 Å². The molecule has 0 bridgehead atoms. The van der Waals surface area contributed by atoms with Crippen molar-refractivity contribution < 1.29 is 18.3 Å². The van der Waals surface area contributed by atoms with Crippen molar-refractivity contribution in [1.82, 2.24) is 4.72 Å². The van der Waals surface area contributed by atoms with Crippen LogP contribution in [-0.2, 0) is 10.0 Å². The molecule has 0 aliphatic carbocycles. The lowest BCUT2D eigenvalue weighted by molar-refractivity contribution is 0.0692. The van der Waals surface area contributed by atoms with Gasteiger partial charge < -0.3 is 10.8 Å². The highest BCUT2D eigenvalue weighted by atomic mass is 32.2. The van der Waals surface area contributed by atoms with Gasteiger partial charge in [-0.25, -0.2) is 17.9 Å². The quantitative estimate of drug-likeness (QED) is 0.523. The summed E-state index contributed by atoms with van der Waals surface area (Å²) in [7, 11) is -3.85. The Labute approximate surface area is 110 Å². The average molecular weight is 290 g/mol. The molecule has 1 aromatic rings. The van der Waals surface area contributed by atoms with Gasteiger partial charge in [-0.1, -0.05) is 0 Å². The Bertz CT molecular complexity index is 543.